The minimum Gasteiger partial charge on any atom is -0.207 e. The molecule has 2 aromatic rings. The number of thiophene rings is 1. The molecular weight excluding hydrogens is 282 g/mol. The van der Waals surface area contributed by atoms with E-state index in [2.05, 4.69) is 15.9 Å². The van der Waals surface area contributed by atoms with E-state index in [1.807, 2.05) is 13.0 Å². The smallest absolute Gasteiger partial charge is 0.126 e. The minimum atomic E-state index is -0.549. The Morgan fingerprint density at radius 3 is 2.13 bits per heavy atom. The molecule has 0 aliphatic heterocycles. The second-order valence-electron chi connectivity index (χ2n) is 3.17. The van der Waals surface area contributed by atoms with Crippen LogP contribution in [0.1, 0.15) is 4.88 Å². The van der Waals surface area contributed by atoms with Gasteiger partial charge in [0, 0.05) is 20.3 Å². The zero-order valence-corrected chi connectivity index (χ0v) is 10.3. The van der Waals surface area contributed by atoms with Gasteiger partial charge in [-0.15, -0.1) is 11.3 Å². The third-order valence-electron chi connectivity index (χ3n) is 2.00. The van der Waals surface area contributed by atoms with Gasteiger partial charge in [-0.25, -0.2) is 8.78 Å². The molecule has 0 spiro atoms. The van der Waals surface area contributed by atoms with Crippen molar-refractivity contribution in [2.45, 2.75) is 6.92 Å². The van der Waals surface area contributed by atoms with E-state index in [4.69, 9.17) is 0 Å². The van der Waals surface area contributed by atoms with Crippen molar-refractivity contribution in [1.29, 1.82) is 0 Å². The third-order valence-corrected chi connectivity index (χ3v) is 4.19. The molecule has 0 atom stereocenters. The number of hydrogen-bond acceptors (Lipinski definition) is 1. The quantitative estimate of drug-likeness (QED) is 0.709. The zero-order chi connectivity index (χ0) is 11.0. The summed E-state index contributed by atoms with van der Waals surface area (Å²) in [4.78, 5) is 1.95. The first-order chi connectivity index (χ1) is 7.06. The summed E-state index contributed by atoms with van der Waals surface area (Å²) in [6, 6.07) is 5.41. The van der Waals surface area contributed by atoms with Crippen LogP contribution < -0.4 is 0 Å². The highest BCUT2D eigenvalue weighted by atomic mass is 79.9. The predicted molar refractivity (Wildman–Crippen MR) is 62.1 cm³/mol. The fourth-order valence-electron chi connectivity index (χ4n) is 1.30. The van der Waals surface area contributed by atoms with Crippen LogP contribution in [-0.4, -0.2) is 0 Å². The lowest BCUT2D eigenvalue weighted by Gasteiger charge is -1.97. The van der Waals surface area contributed by atoms with Gasteiger partial charge in [0.2, 0.25) is 0 Å². The molecule has 0 fully saturated rings. The summed E-state index contributed by atoms with van der Waals surface area (Å²) in [5.41, 5.74) is 0.575. The summed E-state index contributed by atoms with van der Waals surface area (Å²) < 4.78 is 26.9. The number of halogens is 3. The summed E-state index contributed by atoms with van der Waals surface area (Å²) in [6.45, 7) is 1.95. The second kappa shape index (κ2) is 4.02. The number of benzene rings is 1. The van der Waals surface area contributed by atoms with Crippen LogP contribution >= 0.6 is 27.3 Å². The molecule has 0 nitrogen and oxygen atoms in total. The van der Waals surface area contributed by atoms with Crippen molar-refractivity contribution < 1.29 is 8.78 Å². The molecule has 4 heteroatoms. The molecular formula is C11H7BrF2S. The lowest BCUT2D eigenvalue weighted by atomic mass is 10.2. The monoisotopic (exact) mass is 288 g/mol. The van der Waals surface area contributed by atoms with Gasteiger partial charge in [0.25, 0.3) is 0 Å². The molecule has 0 bridgehead atoms. The van der Waals surface area contributed by atoms with Crippen LogP contribution in [0.15, 0.2) is 28.7 Å². The van der Waals surface area contributed by atoms with Gasteiger partial charge in [0.05, 0.1) is 0 Å². The molecule has 15 heavy (non-hydrogen) atoms. The third kappa shape index (κ3) is 2.26. The van der Waals surface area contributed by atoms with Crippen molar-refractivity contribution in [2.24, 2.45) is 0 Å². The summed E-state index contributed by atoms with van der Waals surface area (Å²) in [7, 11) is 0. The van der Waals surface area contributed by atoms with Gasteiger partial charge >= 0.3 is 0 Å². The van der Waals surface area contributed by atoms with Crippen molar-refractivity contribution in [2.75, 3.05) is 0 Å². The second-order valence-corrected chi connectivity index (χ2v) is 5.28. The molecule has 2 rings (SSSR count). The molecule has 0 aliphatic rings. The Kier molecular flexibility index (Phi) is 2.89. The van der Waals surface area contributed by atoms with E-state index in [1.54, 1.807) is 0 Å². The van der Waals surface area contributed by atoms with Crippen LogP contribution in [0.4, 0.5) is 8.78 Å². The van der Waals surface area contributed by atoms with E-state index in [0.717, 1.165) is 20.3 Å². The van der Waals surface area contributed by atoms with Crippen LogP contribution in [0.25, 0.3) is 10.4 Å². The molecule has 1 heterocycles. The summed E-state index contributed by atoms with van der Waals surface area (Å²) in [5.74, 6) is -1.10. The molecule has 78 valence electrons. The van der Waals surface area contributed by atoms with Gasteiger partial charge < -0.3 is 0 Å². The average Bonchev–Trinajstić information content (AvgIpc) is 2.45. The largest absolute Gasteiger partial charge is 0.207 e. The van der Waals surface area contributed by atoms with E-state index >= 15 is 0 Å². The highest BCUT2D eigenvalue weighted by Gasteiger charge is 2.07. The Balaban J connectivity index is 2.53. The van der Waals surface area contributed by atoms with Gasteiger partial charge in [-0.1, -0.05) is 0 Å². The van der Waals surface area contributed by atoms with Crippen LogP contribution in [0, 0.1) is 18.6 Å². The topological polar surface area (TPSA) is 0 Å². The summed E-state index contributed by atoms with van der Waals surface area (Å²) in [5, 5.41) is 0. The van der Waals surface area contributed by atoms with Gasteiger partial charge in [-0.3, -0.25) is 0 Å². The van der Waals surface area contributed by atoms with Crippen LogP contribution in [0.2, 0.25) is 0 Å². The Morgan fingerprint density at radius 2 is 1.67 bits per heavy atom. The lowest BCUT2D eigenvalue weighted by molar-refractivity contribution is 0.584. The van der Waals surface area contributed by atoms with Crippen LogP contribution in [0.3, 0.4) is 0 Å². The van der Waals surface area contributed by atoms with E-state index < -0.39 is 11.6 Å². The molecule has 0 saturated carbocycles. The standard InChI is InChI=1S/C11H7BrF2S/c1-6-10(12)5-11(15-6)7-2-8(13)4-9(14)3-7/h2-5H,1H3. The van der Waals surface area contributed by atoms with Crippen molar-refractivity contribution in [3.63, 3.8) is 0 Å². The Labute approximate surface area is 98.7 Å². The van der Waals surface area contributed by atoms with Gasteiger partial charge in [-0.2, -0.15) is 0 Å². The summed E-state index contributed by atoms with van der Waals surface area (Å²) in [6.07, 6.45) is 0. The van der Waals surface area contributed by atoms with Crippen LogP contribution in [0.5, 0.6) is 0 Å². The average molecular weight is 289 g/mol. The number of aryl methyl sites for hydroxylation is 1. The Bertz CT molecular complexity index is 466. The maximum atomic E-state index is 13.0. The molecule has 1 aromatic heterocycles. The first-order valence-corrected chi connectivity index (χ1v) is 5.89. The zero-order valence-electron chi connectivity index (χ0n) is 7.85. The molecule has 0 amide bonds. The van der Waals surface area contributed by atoms with Crippen molar-refractivity contribution in [1.82, 2.24) is 0 Å². The first kappa shape index (κ1) is 10.8. The normalized spacial score (nSPS) is 10.7. The molecule has 0 N–H and O–H groups in total. The maximum absolute atomic E-state index is 13.0. The number of hydrogen-bond donors (Lipinski definition) is 0. The van der Waals surface area contributed by atoms with E-state index in [1.165, 1.54) is 23.5 Å². The van der Waals surface area contributed by atoms with E-state index in [9.17, 15) is 8.78 Å². The molecule has 0 unspecified atom stereocenters. The van der Waals surface area contributed by atoms with Crippen molar-refractivity contribution >= 4 is 27.3 Å². The highest BCUT2D eigenvalue weighted by Crippen LogP contribution is 2.34. The van der Waals surface area contributed by atoms with Crippen molar-refractivity contribution in [3.8, 4) is 10.4 Å². The summed E-state index contributed by atoms with van der Waals surface area (Å²) >= 11 is 4.88. The predicted octanol–water partition coefficient (Wildman–Crippen LogP) is 4.76. The Morgan fingerprint density at radius 1 is 1.07 bits per heavy atom. The maximum Gasteiger partial charge on any atom is 0.126 e. The van der Waals surface area contributed by atoms with E-state index in [-0.39, 0.29) is 0 Å². The SMILES string of the molecule is Cc1sc(-c2cc(F)cc(F)c2)cc1Br. The van der Waals surface area contributed by atoms with Crippen molar-refractivity contribution in [3.05, 3.63) is 45.2 Å². The molecule has 0 radical (unpaired) electrons. The minimum absolute atomic E-state index is 0.549. The van der Waals surface area contributed by atoms with Gasteiger partial charge in [0.1, 0.15) is 11.6 Å². The molecule has 0 aliphatic carbocycles. The lowest BCUT2D eigenvalue weighted by Crippen LogP contribution is -1.81. The molecule has 1 aromatic carbocycles. The number of rotatable bonds is 1. The molecule has 0 saturated heterocycles. The fraction of sp³-hybridized carbons (Fsp3) is 0.0909. The fourth-order valence-corrected chi connectivity index (χ4v) is 2.82. The van der Waals surface area contributed by atoms with Gasteiger partial charge in [0.15, 0.2) is 0 Å². The van der Waals surface area contributed by atoms with E-state index in [0.29, 0.717) is 5.56 Å². The van der Waals surface area contributed by atoms with Gasteiger partial charge in [-0.05, 0) is 46.6 Å². The first-order valence-electron chi connectivity index (χ1n) is 4.28. The Hall–Kier alpha value is -0.740. The highest BCUT2D eigenvalue weighted by molar-refractivity contribution is 9.10. The van der Waals surface area contributed by atoms with Crippen LogP contribution in [-0.2, 0) is 0 Å².